The number of aromatic hydroxyl groups is 5. The monoisotopic (exact) mass is 309 g/mol. The van der Waals surface area contributed by atoms with Crippen molar-refractivity contribution < 1.29 is 35.4 Å². The van der Waals surface area contributed by atoms with E-state index in [1.807, 2.05) is 0 Å². The number of hydrogen-bond donors (Lipinski definition) is 6. The van der Waals surface area contributed by atoms with Crippen molar-refractivity contribution in [3.63, 3.8) is 0 Å². The summed E-state index contributed by atoms with van der Waals surface area (Å²) in [4.78, 5) is 0. The van der Waals surface area contributed by atoms with E-state index >= 15 is 0 Å². The van der Waals surface area contributed by atoms with Crippen LogP contribution < -0.4 is 4.74 Å². The zero-order valence-corrected chi connectivity index (χ0v) is 11.3. The van der Waals surface area contributed by atoms with Gasteiger partial charge in [0.2, 0.25) is 0 Å². The van der Waals surface area contributed by atoms with Gasteiger partial charge in [0.15, 0.2) is 23.4 Å². The summed E-state index contributed by atoms with van der Waals surface area (Å²) in [6, 6.07) is 4.77. The lowest BCUT2D eigenvalue weighted by atomic mass is 10.2. The highest BCUT2D eigenvalue weighted by Crippen LogP contribution is 2.44. The van der Waals surface area contributed by atoms with E-state index in [1.54, 1.807) is 0 Å². The summed E-state index contributed by atoms with van der Waals surface area (Å²) in [5.41, 5.74) is 0.600. The maximum Gasteiger partial charge on any atom is 0.200 e. The fraction of sp³-hybridized carbons (Fsp3) is 0.200. The van der Waals surface area contributed by atoms with E-state index in [0.717, 1.165) is 18.2 Å². The van der Waals surface area contributed by atoms with Gasteiger partial charge in [-0.05, 0) is 12.1 Å². The van der Waals surface area contributed by atoms with Crippen molar-refractivity contribution >= 4 is 0 Å². The molecular weight excluding hydrogens is 295 g/mol. The van der Waals surface area contributed by atoms with Crippen LogP contribution in [-0.4, -0.2) is 36.7 Å². The first-order chi connectivity index (χ1) is 10.4. The molecule has 6 N–H and O–H groups in total. The SMILES string of the molecule is Oc1cc(O)c2c(c1)O[13C@@H](c1cc(O)c(O)c(O)c1)[13C@@H](O)[13CH2]2. The molecule has 0 amide bonds. The first-order valence-electron chi connectivity index (χ1n) is 6.51. The Hall–Kier alpha value is -2.80. The molecule has 7 nitrogen and oxygen atoms in total. The Labute approximate surface area is 124 Å². The van der Waals surface area contributed by atoms with E-state index in [1.165, 1.54) is 6.07 Å². The molecule has 22 heavy (non-hydrogen) atoms. The molecule has 0 fully saturated rings. The zero-order chi connectivity index (χ0) is 16.0. The number of benzene rings is 2. The predicted molar refractivity (Wildman–Crippen MR) is 74.3 cm³/mol. The van der Waals surface area contributed by atoms with Crippen LogP contribution in [0.3, 0.4) is 0 Å². The zero-order valence-electron chi connectivity index (χ0n) is 11.3. The van der Waals surface area contributed by atoms with Crippen molar-refractivity contribution in [1.82, 2.24) is 0 Å². The lowest BCUT2D eigenvalue weighted by molar-refractivity contribution is 0.0196. The summed E-state index contributed by atoms with van der Waals surface area (Å²) >= 11 is 0. The van der Waals surface area contributed by atoms with Gasteiger partial charge in [-0.1, -0.05) is 0 Å². The van der Waals surface area contributed by atoms with Gasteiger partial charge in [-0.15, -0.1) is 0 Å². The predicted octanol–water partition coefficient (Wildman–Crippen LogP) is 1.25. The second-order valence-electron chi connectivity index (χ2n) is 5.16. The highest BCUT2D eigenvalue weighted by atomic mass is 16.6. The van der Waals surface area contributed by atoms with Gasteiger partial charge in [0, 0.05) is 29.7 Å². The lowest BCUT2D eigenvalue weighted by Gasteiger charge is -2.31. The minimum absolute atomic E-state index is 0.0640. The highest BCUT2D eigenvalue weighted by Gasteiger charge is 2.33. The van der Waals surface area contributed by atoms with Crippen LogP contribution in [0.4, 0.5) is 0 Å². The number of ether oxygens (including phenoxy) is 1. The number of aliphatic hydroxyl groups excluding tert-OH is 1. The molecule has 0 radical (unpaired) electrons. The number of phenols is 5. The van der Waals surface area contributed by atoms with E-state index in [0.29, 0.717) is 5.56 Å². The topological polar surface area (TPSA) is 131 Å². The molecular formula is C15H14O7. The standard InChI is InChI=1S/C15H14O7/c16-7-3-9(17)8-5-12(20)15(22-13(8)4-7)6-1-10(18)14(21)11(19)2-6/h1-4,12,15-21H,5H2/t12-,15-/m0/s1/i5+1,12+1,15+1. The van der Waals surface area contributed by atoms with Crippen LogP contribution in [-0.2, 0) is 6.42 Å². The van der Waals surface area contributed by atoms with E-state index in [4.69, 9.17) is 4.74 Å². The van der Waals surface area contributed by atoms with Crippen LogP contribution >= 0.6 is 0 Å². The first-order valence-corrected chi connectivity index (χ1v) is 6.51. The number of phenolic OH excluding ortho intramolecular Hbond substituents is 5. The molecule has 0 aliphatic carbocycles. The minimum atomic E-state index is -1.05. The van der Waals surface area contributed by atoms with E-state index in [2.05, 4.69) is 0 Å². The third-order valence-electron chi connectivity index (χ3n) is 3.61. The quantitative estimate of drug-likeness (QED) is 0.345. The van der Waals surface area contributed by atoms with Crippen molar-refractivity contribution in [2.75, 3.05) is 0 Å². The Balaban J connectivity index is 2.03. The number of hydrogen-bond acceptors (Lipinski definition) is 7. The second kappa shape index (κ2) is 4.88. The van der Waals surface area contributed by atoms with Crippen molar-refractivity contribution in [3.05, 3.63) is 35.4 Å². The molecule has 0 spiro atoms. The number of fused-ring (bicyclic) bond motifs is 1. The molecule has 1 heterocycles. The van der Waals surface area contributed by atoms with Gasteiger partial charge < -0.3 is 35.4 Å². The van der Waals surface area contributed by atoms with Crippen molar-refractivity contribution in [2.45, 2.75) is 18.6 Å². The van der Waals surface area contributed by atoms with E-state index in [-0.39, 0.29) is 29.2 Å². The molecule has 1 aliphatic rings. The normalized spacial score (nSPS) is 20.2. The van der Waals surface area contributed by atoms with Crippen molar-refractivity contribution in [2.24, 2.45) is 0 Å². The molecule has 2 aromatic carbocycles. The third kappa shape index (κ3) is 2.21. The lowest BCUT2D eigenvalue weighted by Crippen LogP contribution is -2.30. The van der Waals surface area contributed by atoms with Crippen LogP contribution in [0.5, 0.6) is 34.5 Å². The van der Waals surface area contributed by atoms with Crippen LogP contribution in [0.15, 0.2) is 24.3 Å². The molecule has 2 aromatic rings. The Morgan fingerprint density at radius 2 is 1.50 bits per heavy atom. The smallest absolute Gasteiger partial charge is 0.200 e. The number of aliphatic hydroxyl groups is 1. The molecule has 0 aromatic heterocycles. The first kappa shape index (κ1) is 14.2. The van der Waals surface area contributed by atoms with Crippen molar-refractivity contribution in [1.29, 1.82) is 0 Å². The van der Waals surface area contributed by atoms with Crippen molar-refractivity contribution in [3.8, 4) is 34.5 Å². The molecule has 116 valence electrons. The Morgan fingerprint density at radius 1 is 0.864 bits per heavy atom. The van der Waals surface area contributed by atoms with Gasteiger partial charge >= 0.3 is 0 Å². The van der Waals surface area contributed by atoms with Gasteiger partial charge in [0.1, 0.15) is 17.2 Å². The van der Waals surface area contributed by atoms with Gasteiger partial charge in [0.05, 0.1) is 6.10 Å². The van der Waals surface area contributed by atoms with Crippen LogP contribution in [0, 0.1) is 0 Å². The fourth-order valence-electron chi connectivity index (χ4n) is 2.54. The Kier molecular flexibility index (Phi) is 3.14. The molecule has 0 unspecified atom stereocenters. The van der Waals surface area contributed by atoms with Crippen LogP contribution in [0.25, 0.3) is 0 Å². The summed E-state index contributed by atoms with van der Waals surface area (Å²) in [5.74, 6) is -1.94. The Bertz CT molecular complexity index is 718. The van der Waals surface area contributed by atoms with E-state index < -0.39 is 29.5 Å². The van der Waals surface area contributed by atoms with Gasteiger partial charge in [0.25, 0.3) is 0 Å². The second-order valence-corrected chi connectivity index (χ2v) is 5.16. The maximum atomic E-state index is 10.2. The fourth-order valence-corrected chi connectivity index (χ4v) is 2.54. The van der Waals surface area contributed by atoms with Crippen LogP contribution in [0.2, 0.25) is 0 Å². The molecule has 0 bridgehead atoms. The van der Waals surface area contributed by atoms with Gasteiger partial charge in [-0.3, -0.25) is 0 Å². The molecule has 0 saturated carbocycles. The summed E-state index contributed by atoms with van der Waals surface area (Å²) in [6.45, 7) is 0. The van der Waals surface area contributed by atoms with E-state index in [9.17, 15) is 30.6 Å². The molecule has 3 rings (SSSR count). The summed E-state index contributed by atoms with van der Waals surface area (Å²) < 4.78 is 5.57. The van der Waals surface area contributed by atoms with Gasteiger partial charge in [-0.2, -0.15) is 0 Å². The summed E-state index contributed by atoms with van der Waals surface area (Å²) in [5, 5.41) is 57.9. The average Bonchev–Trinajstić information content (AvgIpc) is 2.44. The molecule has 1 aliphatic heterocycles. The minimum Gasteiger partial charge on any atom is -0.508 e. The largest absolute Gasteiger partial charge is 0.508 e. The van der Waals surface area contributed by atoms with Gasteiger partial charge in [-0.25, -0.2) is 0 Å². The maximum absolute atomic E-state index is 10.2. The average molecular weight is 309 g/mol. The van der Waals surface area contributed by atoms with Crippen LogP contribution in [0.1, 0.15) is 17.2 Å². The highest BCUT2D eigenvalue weighted by molar-refractivity contribution is 5.54. The molecule has 0 saturated heterocycles. The molecule has 7 heteroatoms. The number of rotatable bonds is 1. The summed E-state index contributed by atoms with van der Waals surface area (Å²) in [7, 11) is 0. The third-order valence-corrected chi connectivity index (χ3v) is 3.61. The Morgan fingerprint density at radius 3 is 2.14 bits per heavy atom. The molecule has 2 atom stereocenters. The summed E-state index contributed by atoms with van der Waals surface area (Å²) in [6.07, 6.45) is -1.92.